The van der Waals surface area contributed by atoms with Crippen molar-refractivity contribution in [1.29, 1.82) is 0 Å². The lowest BCUT2D eigenvalue weighted by atomic mass is 9.48. The molecule has 4 aliphatic carbocycles. The fraction of sp³-hybridized carbons (Fsp3) is 1.00. The highest BCUT2D eigenvalue weighted by atomic mass is 16.5. The van der Waals surface area contributed by atoms with Crippen LogP contribution in [0, 0.1) is 23.2 Å². The van der Waals surface area contributed by atoms with Crippen LogP contribution in [0.15, 0.2) is 0 Å². The molecular formula is C18H31NO2. The molecule has 0 radical (unpaired) electrons. The van der Waals surface area contributed by atoms with Crippen molar-refractivity contribution in [3.05, 3.63) is 0 Å². The number of hydrogen-bond donors (Lipinski definition) is 1. The van der Waals surface area contributed by atoms with E-state index in [0.717, 1.165) is 37.5 Å². The highest BCUT2D eigenvalue weighted by Crippen LogP contribution is 2.61. The summed E-state index contributed by atoms with van der Waals surface area (Å²) >= 11 is 0. The van der Waals surface area contributed by atoms with Gasteiger partial charge in [0, 0.05) is 19.1 Å². The van der Waals surface area contributed by atoms with Crippen LogP contribution in [0.4, 0.5) is 0 Å². The number of ether oxygens (including phenoxy) is 1. The van der Waals surface area contributed by atoms with Crippen molar-refractivity contribution in [2.45, 2.75) is 70.6 Å². The maximum Gasteiger partial charge on any atom is 0.0723 e. The zero-order chi connectivity index (χ0) is 14.6. The summed E-state index contributed by atoms with van der Waals surface area (Å²) in [6.45, 7) is 7.04. The number of rotatable bonds is 3. The summed E-state index contributed by atoms with van der Waals surface area (Å²) in [5, 5.41) is 11.1. The fourth-order valence-electron chi connectivity index (χ4n) is 6.23. The zero-order valence-corrected chi connectivity index (χ0v) is 13.6. The predicted octanol–water partition coefficient (Wildman–Crippen LogP) is 2.67. The first-order valence-electron chi connectivity index (χ1n) is 9.08. The number of morpholine rings is 1. The van der Waals surface area contributed by atoms with Crippen molar-refractivity contribution in [2.75, 3.05) is 19.7 Å². The van der Waals surface area contributed by atoms with Crippen molar-refractivity contribution in [3.8, 4) is 0 Å². The molecule has 0 aromatic rings. The van der Waals surface area contributed by atoms with Crippen molar-refractivity contribution >= 4 is 0 Å². The Kier molecular flexibility index (Phi) is 3.59. The molecule has 5 aliphatic rings. The van der Waals surface area contributed by atoms with E-state index in [1.807, 2.05) is 0 Å². The van der Waals surface area contributed by atoms with Gasteiger partial charge < -0.3 is 9.84 Å². The van der Waals surface area contributed by atoms with Gasteiger partial charge in [-0.25, -0.2) is 0 Å². The van der Waals surface area contributed by atoms with E-state index in [1.54, 1.807) is 0 Å². The number of aliphatic hydroxyl groups excluding tert-OH is 1. The Morgan fingerprint density at radius 3 is 2.24 bits per heavy atom. The van der Waals surface area contributed by atoms with Crippen LogP contribution in [0.25, 0.3) is 0 Å². The van der Waals surface area contributed by atoms with Gasteiger partial charge in [0.25, 0.3) is 0 Å². The van der Waals surface area contributed by atoms with Gasteiger partial charge in [0.1, 0.15) is 0 Å². The average molecular weight is 293 g/mol. The Morgan fingerprint density at radius 2 is 1.67 bits per heavy atom. The van der Waals surface area contributed by atoms with Gasteiger partial charge in [-0.1, -0.05) is 0 Å². The third kappa shape index (κ3) is 2.55. The first kappa shape index (κ1) is 14.5. The number of aliphatic hydroxyl groups is 1. The lowest BCUT2D eigenvalue weighted by Crippen LogP contribution is -2.57. The first-order chi connectivity index (χ1) is 10.0. The minimum absolute atomic E-state index is 0.126. The zero-order valence-electron chi connectivity index (χ0n) is 13.6. The number of nitrogens with zero attached hydrogens (tertiary/aromatic N) is 1. The third-order valence-electron chi connectivity index (χ3n) is 6.94. The quantitative estimate of drug-likeness (QED) is 0.868. The van der Waals surface area contributed by atoms with Crippen LogP contribution in [0.2, 0.25) is 0 Å². The summed E-state index contributed by atoms with van der Waals surface area (Å²) in [6, 6.07) is 0.449. The van der Waals surface area contributed by atoms with E-state index < -0.39 is 0 Å². The van der Waals surface area contributed by atoms with Crippen LogP contribution < -0.4 is 0 Å². The summed E-state index contributed by atoms with van der Waals surface area (Å²) in [4.78, 5) is 2.47. The van der Waals surface area contributed by atoms with E-state index in [1.165, 1.54) is 38.5 Å². The molecule has 1 heterocycles. The van der Waals surface area contributed by atoms with E-state index >= 15 is 0 Å². The molecule has 0 amide bonds. The molecule has 0 aromatic carbocycles. The second kappa shape index (κ2) is 5.21. The molecule has 1 aliphatic heterocycles. The lowest BCUT2D eigenvalue weighted by molar-refractivity contribution is -0.139. The van der Waals surface area contributed by atoms with Crippen molar-refractivity contribution < 1.29 is 9.84 Å². The van der Waals surface area contributed by atoms with E-state index in [9.17, 15) is 5.11 Å². The molecule has 4 bridgehead atoms. The summed E-state index contributed by atoms with van der Waals surface area (Å²) in [6.07, 6.45) is 8.45. The van der Waals surface area contributed by atoms with Gasteiger partial charge in [0.05, 0.1) is 18.8 Å². The molecule has 21 heavy (non-hydrogen) atoms. The third-order valence-corrected chi connectivity index (χ3v) is 6.94. The summed E-state index contributed by atoms with van der Waals surface area (Å²) < 4.78 is 5.73. The van der Waals surface area contributed by atoms with Gasteiger partial charge in [-0.05, 0) is 75.5 Å². The molecule has 1 N–H and O–H groups in total. The minimum Gasteiger partial charge on any atom is -0.391 e. The van der Waals surface area contributed by atoms with Crippen LogP contribution in [0.3, 0.4) is 0 Å². The van der Waals surface area contributed by atoms with Crippen LogP contribution in [0.5, 0.6) is 0 Å². The second-order valence-electron chi connectivity index (χ2n) is 8.74. The summed E-state index contributed by atoms with van der Waals surface area (Å²) in [5.41, 5.74) is 0.260. The molecule has 120 valence electrons. The smallest absolute Gasteiger partial charge is 0.0723 e. The molecule has 3 unspecified atom stereocenters. The predicted molar refractivity (Wildman–Crippen MR) is 83.1 cm³/mol. The Labute approximate surface area is 129 Å². The minimum atomic E-state index is -0.126. The van der Waals surface area contributed by atoms with Crippen molar-refractivity contribution in [1.82, 2.24) is 4.90 Å². The molecule has 3 atom stereocenters. The largest absolute Gasteiger partial charge is 0.391 e. The van der Waals surface area contributed by atoms with Gasteiger partial charge in [-0.2, -0.15) is 0 Å². The molecule has 0 spiro atoms. The Hall–Kier alpha value is -0.120. The number of β-amino-alcohol motifs (C(OH)–C–C–N with tert-alkyl or cyclic N) is 1. The van der Waals surface area contributed by atoms with Gasteiger partial charge in [0.15, 0.2) is 0 Å². The van der Waals surface area contributed by atoms with E-state index in [-0.39, 0.29) is 11.5 Å². The maximum absolute atomic E-state index is 11.1. The Bertz CT molecular complexity index is 361. The normalized spacial score (nSPS) is 51.3. The fourth-order valence-corrected chi connectivity index (χ4v) is 6.23. The standard InChI is InChI=1S/C18H31NO2/c1-12-11-21-13(2)9-19(12)10-17(20)18-6-14-3-15(7-18)5-16(4-14)8-18/h12-17,20H,3-11H2,1-2H3. The topological polar surface area (TPSA) is 32.7 Å². The first-order valence-corrected chi connectivity index (χ1v) is 9.08. The molecule has 1 saturated heterocycles. The molecule has 3 nitrogen and oxygen atoms in total. The van der Waals surface area contributed by atoms with Crippen LogP contribution in [-0.4, -0.2) is 48.0 Å². The van der Waals surface area contributed by atoms with Crippen LogP contribution >= 0.6 is 0 Å². The summed E-state index contributed by atoms with van der Waals surface area (Å²) in [5.74, 6) is 2.77. The van der Waals surface area contributed by atoms with Crippen molar-refractivity contribution in [3.63, 3.8) is 0 Å². The Morgan fingerprint density at radius 1 is 1.10 bits per heavy atom. The molecular weight excluding hydrogens is 262 g/mol. The number of hydrogen-bond acceptors (Lipinski definition) is 3. The molecule has 5 fully saturated rings. The molecule has 0 aromatic heterocycles. The van der Waals surface area contributed by atoms with E-state index in [4.69, 9.17) is 4.74 Å². The SMILES string of the molecule is CC1CN(CC(O)C23CC4CC(CC(C4)C2)C3)C(C)CO1. The highest BCUT2D eigenvalue weighted by molar-refractivity contribution is 5.05. The van der Waals surface area contributed by atoms with E-state index in [2.05, 4.69) is 18.7 Å². The highest BCUT2D eigenvalue weighted by Gasteiger charge is 2.54. The van der Waals surface area contributed by atoms with Crippen LogP contribution in [-0.2, 0) is 4.74 Å². The monoisotopic (exact) mass is 293 g/mol. The lowest BCUT2D eigenvalue weighted by Gasteiger charge is -2.59. The average Bonchev–Trinajstić information content (AvgIpc) is 2.41. The van der Waals surface area contributed by atoms with E-state index in [0.29, 0.717) is 12.1 Å². The second-order valence-corrected chi connectivity index (χ2v) is 8.74. The van der Waals surface area contributed by atoms with Gasteiger partial charge in [-0.3, -0.25) is 4.90 Å². The summed E-state index contributed by atoms with van der Waals surface area (Å²) in [7, 11) is 0. The molecule has 5 rings (SSSR count). The Balaban J connectivity index is 1.46. The van der Waals surface area contributed by atoms with Crippen molar-refractivity contribution in [2.24, 2.45) is 23.2 Å². The maximum atomic E-state index is 11.1. The van der Waals surface area contributed by atoms with Crippen LogP contribution in [0.1, 0.15) is 52.4 Å². The molecule has 3 heteroatoms. The van der Waals surface area contributed by atoms with Gasteiger partial charge in [-0.15, -0.1) is 0 Å². The van der Waals surface area contributed by atoms with Gasteiger partial charge in [0.2, 0.25) is 0 Å². The molecule has 4 saturated carbocycles. The van der Waals surface area contributed by atoms with Gasteiger partial charge >= 0.3 is 0 Å².